The lowest BCUT2D eigenvalue weighted by molar-refractivity contribution is 0.475. The van der Waals surface area contributed by atoms with Crippen molar-refractivity contribution in [2.75, 3.05) is 0 Å². The average Bonchev–Trinajstić information content (AvgIpc) is 2.76. The molecule has 6 heteroatoms. The van der Waals surface area contributed by atoms with Gasteiger partial charge in [-0.2, -0.15) is 0 Å². The van der Waals surface area contributed by atoms with E-state index in [1.54, 1.807) is 36.4 Å². The highest BCUT2D eigenvalue weighted by Gasteiger charge is 2.14. The van der Waals surface area contributed by atoms with Gasteiger partial charge in [0, 0.05) is 5.02 Å². The molecule has 0 spiro atoms. The Balaban J connectivity index is 2.01. The molecule has 1 aromatic carbocycles. The van der Waals surface area contributed by atoms with Gasteiger partial charge in [-0.05, 0) is 30.7 Å². The molecule has 0 saturated carbocycles. The zero-order valence-corrected chi connectivity index (χ0v) is 12.0. The van der Waals surface area contributed by atoms with Crippen molar-refractivity contribution in [1.82, 2.24) is 4.72 Å². The summed E-state index contributed by atoms with van der Waals surface area (Å²) in [5, 5.41) is 0.446. The molecule has 1 N–H and O–H groups in total. The molecule has 2 rings (SSSR count). The molecule has 2 aromatic rings. The predicted molar refractivity (Wildman–Crippen MR) is 74.4 cm³/mol. The van der Waals surface area contributed by atoms with Gasteiger partial charge in [-0.1, -0.05) is 29.8 Å². The smallest absolute Gasteiger partial charge is 0.216 e. The van der Waals surface area contributed by atoms with Crippen molar-refractivity contribution in [3.05, 3.63) is 58.5 Å². The van der Waals surface area contributed by atoms with Gasteiger partial charge in [-0.25, -0.2) is 13.1 Å². The van der Waals surface area contributed by atoms with Crippen molar-refractivity contribution in [2.24, 2.45) is 0 Å². The molecule has 0 aliphatic rings. The first-order valence-corrected chi connectivity index (χ1v) is 7.75. The molecule has 0 bridgehead atoms. The van der Waals surface area contributed by atoms with E-state index in [4.69, 9.17) is 16.0 Å². The second-order valence-corrected chi connectivity index (χ2v) is 6.40. The minimum Gasteiger partial charge on any atom is -0.465 e. The van der Waals surface area contributed by atoms with Crippen LogP contribution in [0, 0.1) is 6.92 Å². The largest absolute Gasteiger partial charge is 0.465 e. The van der Waals surface area contributed by atoms with Gasteiger partial charge in [0.1, 0.15) is 11.5 Å². The second kappa shape index (κ2) is 5.77. The van der Waals surface area contributed by atoms with Gasteiger partial charge in [0.25, 0.3) is 0 Å². The molecule has 0 unspecified atom stereocenters. The zero-order chi connectivity index (χ0) is 13.9. The Morgan fingerprint density at radius 3 is 2.58 bits per heavy atom. The van der Waals surface area contributed by atoms with Crippen LogP contribution in [0.15, 0.2) is 40.8 Å². The average molecular weight is 300 g/mol. The molecule has 1 heterocycles. The normalized spacial score (nSPS) is 11.7. The summed E-state index contributed by atoms with van der Waals surface area (Å²) < 4.78 is 31.6. The van der Waals surface area contributed by atoms with Crippen LogP contribution in [0.1, 0.15) is 17.1 Å². The van der Waals surface area contributed by atoms with E-state index >= 15 is 0 Å². The summed E-state index contributed by atoms with van der Waals surface area (Å²) in [6.07, 6.45) is 0. The zero-order valence-electron chi connectivity index (χ0n) is 10.4. The molecule has 0 saturated heterocycles. The lowest BCUT2D eigenvalue weighted by atomic mass is 10.2. The van der Waals surface area contributed by atoms with Crippen molar-refractivity contribution < 1.29 is 12.8 Å². The summed E-state index contributed by atoms with van der Waals surface area (Å²) >= 11 is 5.94. The van der Waals surface area contributed by atoms with Gasteiger partial charge >= 0.3 is 0 Å². The number of hydrogen-bond donors (Lipinski definition) is 1. The molecule has 0 aliphatic carbocycles. The van der Waals surface area contributed by atoms with Gasteiger partial charge in [-0.3, -0.25) is 0 Å². The summed E-state index contributed by atoms with van der Waals surface area (Å²) in [4.78, 5) is 0. The molecule has 0 radical (unpaired) electrons. The van der Waals surface area contributed by atoms with E-state index in [2.05, 4.69) is 4.72 Å². The molecule has 4 nitrogen and oxygen atoms in total. The Hall–Kier alpha value is -1.30. The summed E-state index contributed by atoms with van der Waals surface area (Å²) in [5.41, 5.74) is 0.576. The first kappa shape index (κ1) is 14.1. The Morgan fingerprint density at radius 2 is 1.95 bits per heavy atom. The van der Waals surface area contributed by atoms with E-state index in [1.807, 2.05) is 6.92 Å². The fourth-order valence-electron chi connectivity index (χ4n) is 1.63. The minimum absolute atomic E-state index is 0.140. The van der Waals surface area contributed by atoms with E-state index in [9.17, 15) is 8.42 Å². The van der Waals surface area contributed by atoms with E-state index in [0.29, 0.717) is 16.3 Å². The third kappa shape index (κ3) is 4.09. The maximum absolute atomic E-state index is 11.9. The summed E-state index contributed by atoms with van der Waals surface area (Å²) in [7, 11) is -3.44. The predicted octanol–water partition coefficient (Wildman–Crippen LogP) is 2.86. The fourth-order valence-corrected chi connectivity index (χ4v) is 3.04. The molecule has 102 valence electrons. The molecule has 1 aromatic heterocycles. The molecule has 0 atom stereocenters. The molecule has 0 amide bonds. The number of halogens is 1. The standard InChI is InChI=1S/C13H14ClNO3S/c1-10-6-7-12(18-10)8-15-19(16,17)9-11-4-2-3-5-13(11)14/h2-7,15H,8-9H2,1H3. The van der Waals surface area contributed by atoms with Crippen LogP contribution >= 0.6 is 11.6 Å². The number of aryl methyl sites for hydroxylation is 1. The van der Waals surface area contributed by atoms with Gasteiger partial charge in [-0.15, -0.1) is 0 Å². The third-order valence-electron chi connectivity index (χ3n) is 2.57. The SMILES string of the molecule is Cc1ccc(CNS(=O)(=O)Cc2ccccc2Cl)o1. The summed E-state index contributed by atoms with van der Waals surface area (Å²) in [6, 6.07) is 10.4. The topological polar surface area (TPSA) is 59.3 Å². The third-order valence-corrected chi connectivity index (χ3v) is 4.21. The highest BCUT2D eigenvalue weighted by molar-refractivity contribution is 7.88. The Morgan fingerprint density at radius 1 is 1.21 bits per heavy atom. The highest BCUT2D eigenvalue weighted by Crippen LogP contribution is 2.17. The number of rotatable bonds is 5. The fraction of sp³-hybridized carbons (Fsp3) is 0.231. The van der Waals surface area contributed by atoms with Crippen LogP contribution in [0.3, 0.4) is 0 Å². The first-order chi connectivity index (χ1) is 8.96. The van der Waals surface area contributed by atoms with Gasteiger partial charge in [0.15, 0.2) is 0 Å². The van der Waals surface area contributed by atoms with Crippen molar-refractivity contribution in [3.8, 4) is 0 Å². The number of hydrogen-bond acceptors (Lipinski definition) is 3. The van der Waals surface area contributed by atoms with Crippen LogP contribution in [-0.2, 0) is 22.3 Å². The van der Waals surface area contributed by atoms with Gasteiger partial charge in [0.2, 0.25) is 10.0 Å². The van der Waals surface area contributed by atoms with Crippen LogP contribution in [0.2, 0.25) is 5.02 Å². The number of sulfonamides is 1. The molecule has 19 heavy (non-hydrogen) atoms. The van der Waals surface area contributed by atoms with Crippen molar-refractivity contribution in [3.63, 3.8) is 0 Å². The quantitative estimate of drug-likeness (QED) is 0.923. The van der Waals surface area contributed by atoms with E-state index in [0.717, 1.165) is 5.76 Å². The van der Waals surface area contributed by atoms with Crippen molar-refractivity contribution in [1.29, 1.82) is 0 Å². The maximum atomic E-state index is 11.9. The monoisotopic (exact) mass is 299 g/mol. The summed E-state index contributed by atoms with van der Waals surface area (Å²) in [5.74, 6) is 1.19. The van der Waals surface area contributed by atoms with Crippen LogP contribution in [0.25, 0.3) is 0 Å². The maximum Gasteiger partial charge on any atom is 0.216 e. The van der Waals surface area contributed by atoms with Crippen LogP contribution in [0.5, 0.6) is 0 Å². The lowest BCUT2D eigenvalue weighted by Gasteiger charge is -2.06. The van der Waals surface area contributed by atoms with E-state index in [-0.39, 0.29) is 12.3 Å². The number of benzene rings is 1. The summed E-state index contributed by atoms with van der Waals surface area (Å²) in [6.45, 7) is 1.95. The Kier molecular flexibility index (Phi) is 4.29. The minimum atomic E-state index is -3.44. The number of nitrogens with one attached hydrogen (secondary N) is 1. The molecule has 0 fully saturated rings. The van der Waals surface area contributed by atoms with Crippen LogP contribution in [-0.4, -0.2) is 8.42 Å². The molecular formula is C13H14ClNO3S. The van der Waals surface area contributed by atoms with Crippen LogP contribution in [0.4, 0.5) is 0 Å². The van der Waals surface area contributed by atoms with Gasteiger partial charge < -0.3 is 4.42 Å². The Labute approximate surface area is 117 Å². The van der Waals surface area contributed by atoms with E-state index in [1.165, 1.54) is 0 Å². The Bertz CT molecular complexity index is 664. The van der Waals surface area contributed by atoms with Crippen molar-refractivity contribution >= 4 is 21.6 Å². The lowest BCUT2D eigenvalue weighted by Crippen LogP contribution is -2.24. The van der Waals surface area contributed by atoms with Crippen molar-refractivity contribution in [2.45, 2.75) is 19.2 Å². The molecule has 0 aliphatic heterocycles. The second-order valence-electron chi connectivity index (χ2n) is 4.18. The first-order valence-electron chi connectivity index (χ1n) is 5.72. The highest BCUT2D eigenvalue weighted by atomic mass is 35.5. The van der Waals surface area contributed by atoms with Crippen LogP contribution < -0.4 is 4.72 Å². The number of furan rings is 1. The van der Waals surface area contributed by atoms with Gasteiger partial charge in [0.05, 0.1) is 12.3 Å². The van der Waals surface area contributed by atoms with E-state index < -0.39 is 10.0 Å². The molecular weight excluding hydrogens is 286 g/mol.